The molecule has 0 spiro atoms. The highest BCUT2D eigenvalue weighted by atomic mass is 16.2. The number of nitrogens with zero attached hydrogens (tertiary/aromatic N) is 6. The van der Waals surface area contributed by atoms with Crippen LogP contribution in [0.5, 0.6) is 0 Å². The van der Waals surface area contributed by atoms with Crippen molar-refractivity contribution in [3.63, 3.8) is 0 Å². The predicted molar refractivity (Wildman–Crippen MR) is 140 cm³/mol. The summed E-state index contributed by atoms with van der Waals surface area (Å²) in [5.41, 5.74) is 4.02. The Morgan fingerprint density at radius 1 is 0.973 bits per heavy atom. The molecule has 1 aromatic carbocycles. The fourth-order valence-corrected chi connectivity index (χ4v) is 4.74. The first kappa shape index (κ1) is 23.3. The van der Waals surface area contributed by atoms with Crippen LogP contribution in [0.4, 0.5) is 0 Å². The Hall–Kier alpha value is -4.11. The van der Waals surface area contributed by atoms with Gasteiger partial charge >= 0.3 is 0 Å². The van der Waals surface area contributed by atoms with Crippen molar-refractivity contribution in [3.8, 4) is 11.3 Å². The molecule has 0 radical (unpaired) electrons. The zero-order valence-corrected chi connectivity index (χ0v) is 20.6. The van der Waals surface area contributed by atoms with Gasteiger partial charge in [0, 0.05) is 50.2 Å². The zero-order valence-electron chi connectivity index (χ0n) is 20.6. The highest BCUT2D eigenvalue weighted by Crippen LogP contribution is 2.27. The third-order valence-electron chi connectivity index (χ3n) is 6.96. The molecule has 37 heavy (non-hydrogen) atoms. The standard InChI is InChI=1S/C28H29N7O2/c36-26(31-22-6-7-22)19-33-12-14-34(15-13-33)28(37)23-16-25(21-4-2-1-3-5-21)32-27-24(23)17-30-35(27)18-20-8-10-29-11-9-20/h1-5,8-11,16-17,22H,6-7,12-15,18-19H2,(H,31,36). The van der Waals surface area contributed by atoms with Crippen molar-refractivity contribution in [1.82, 2.24) is 34.9 Å². The van der Waals surface area contributed by atoms with Gasteiger partial charge in [-0.05, 0) is 36.6 Å². The van der Waals surface area contributed by atoms with Gasteiger partial charge in [-0.15, -0.1) is 0 Å². The quantitative estimate of drug-likeness (QED) is 0.423. The van der Waals surface area contributed by atoms with E-state index < -0.39 is 0 Å². The molecular formula is C28H29N7O2. The Bertz CT molecular complexity index is 1410. The predicted octanol–water partition coefficient (Wildman–Crippen LogP) is 2.58. The van der Waals surface area contributed by atoms with Crippen LogP contribution in [0.25, 0.3) is 22.3 Å². The van der Waals surface area contributed by atoms with Gasteiger partial charge < -0.3 is 10.2 Å². The molecule has 0 atom stereocenters. The summed E-state index contributed by atoms with van der Waals surface area (Å²) in [4.78, 5) is 39.0. The number of carbonyl (C=O) groups excluding carboxylic acids is 2. The molecule has 2 aliphatic rings. The number of nitrogens with one attached hydrogen (secondary N) is 1. The first-order valence-corrected chi connectivity index (χ1v) is 12.8. The maximum atomic E-state index is 13.8. The second kappa shape index (κ2) is 10.1. The summed E-state index contributed by atoms with van der Waals surface area (Å²) in [6.45, 7) is 3.41. The van der Waals surface area contributed by atoms with E-state index in [0.29, 0.717) is 56.5 Å². The number of carbonyl (C=O) groups is 2. The monoisotopic (exact) mass is 495 g/mol. The topological polar surface area (TPSA) is 96.3 Å². The minimum atomic E-state index is -0.0323. The SMILES string of the molecule is O=C(CN1CCN(C(=O)c2cc(-c3ccccc3)nc3c2cnn3Cc2ccncc2)CC1)NC1CC1. The number of pyridine rings is 2. The van der Waals surface area contributed by atoms with Gasteiger partial charge in [-0.3, -0.25) is 19.5 Å². The van der Waals surface area contributed by atoms with Gasteiger partial charge in [0.15, 0.2) is 5.65 Å². The molecule has 4 heterocycles. The summed E-state index contributed by atoms with van der Waals surface area (Å²) in [5, 5.41) is 8.38. The molecule has 1 saturated heterocycles. The van der Waals surface area contributed by atoms with Crippen molar-refractivity contribution >= 4 is 22.8 Å². The van der Waals surface area contributed by atoms with Crippen molar-refractivity contribution in [2.75, 3.05) is 32.7 Å². The lowest BCUT2D eigenvalue weighted by Crippen LogP contribution is -2.51. The molecule has 3 aromatic heterocycles. The molecule has 1 N–H and O–H groups in total. The molecule has 1 saturated carbocycles. The lowest BCUT2D eigenvalue weighted by molar-refractivity contribution is -0.122. The number of fused-ring (bicyclic) bond motifs is 1. The zero-order chi connectivity index (χ0) is 25.2. The highest BCUT2D eigenvalue weighted by molar-refractivity contribution is 6.06. The molecule has 188 valence electrons. The molecule has 1 aliphatic carbocycles. The number of hydrogen-bond donors (Lipinski definition) is 1. The summed E-state index contributed by atoms with van der Waals surface area (Å²) >= 11 is 0. The van der Waals surface area contributed by atoms with Gasteiger partial charge in [0.2, 0.25) is 5.91 Å². The number of hydrogen-bond acceptors (Lipinski definition) is 6. The summed E-state index contributed by atoms with van der Waals surface area (Å²) in [6, 6.07) is 16.0. The molecule has 2 amide bonds. The van der Waals surface area contributed by atoms with E-state index in [1.54, 1.807) is 18.6 Å². The lowest BCUT2D eigenvalue weighted by Gasteiger charge is -2.34. The fraction of sp³-hybridized carbons (Fsp3) is 0.321. The Kier molecular flexibility index (Phi) is 6.36. The van der Waals surface area contributed by atoms with Gasteiger partial charge in [0.25, 0.3) is 5.91 Å². The van der Waals surface area contributed by atoms with Crippen molar-refractivity contribution < 1.29 is 9.59 Å². The molecule has 9 heteroatoms. The van der Waals surface area contributed by atoms with Crippen LogP contribution in [0, 0.1) is 0 Å². The minimum Gasteiger partial charge on any atom is -0.352 e. The minimum absolute atomic E-state index is 0.0323. The molecule has 9 nitrogen and oxygen atoms in total. The number of benzene rings is 1. The second-order valence-corrected chi connectivity index (χ2v) is 9.73. The van der Waals surface area contributed by atoms with E-state index in [4.69, 9.17) is 4.98 Å². The van der Waals surface area contributed by atoms with E-state index in [1.807, 2.05) is 58.1 Å². The first-order valence-electron chi connectivity index (χ1n) is 12.8. The number of rotatable bonds is 7. The third-order valence-corrected chi connectivity index (χ3v) is 6.96. The van der Waals surface area contributed by atoms with Gasteiger partial charge in [0.05, 0.1) is 35.9 Å². The Balaban J connectivity index is 1.26. The lowest BCUT2D eigenvalue weighted by atomic mass is 10.1. The average molecular weight is 496 g/mol. The Morgan fingerprint density at radius 2 is 1.73 bits per heavy atom. The van der Waals surface area contributed by atoms with Crippen LogP contribution >= 0.6 is 0 Å². The normalized spacial score (nSPS) is 16.2. The summed E-state index contributed by atoms with van der Waals surface area (Å²) < 4.78 is 1.84. The molecule has 6 rings (SSSR count). The Labute approximate surface area is 215 Å². The molecule has 1 aliphatic heterocycles. The maximum absolute atomic E-state index is 13.8. The summed E-state index contributed by atoms with van der Waals surface area (Å²) in [7, 11) is 0. The van der Waals surface area contributed by atoms with Gasteiger partial charge in [0.1, 0.15) is 0 Å². The summed E-state index contributed by atoms with van der Waals surface area (Å²) in [6.07, 6.45) is 7.42. The van der Waals surface area contributed by atoms with Gasteiger partial charge in [-0.2, -0.15) is 5.10 Å². The molecular weight excluding hydrogens is 466 g/mol. The molecule has 2 fully saturated rings. The van der Waals surface area contributed by atoms with Crippen LogP contribution < -0.4 is 5.32 Å². The van der Waals surface area contributed by atoms with E-state index >= 15 is 0 Å². The van der Waals surface area contributed by atoms with Crippen molar-refractivity contribution in [1.29, 1.82) is 0 Å². The van der Waals surface area contributed by atoms with Crippen LogP contribution in [-0.2, 0) is 11.3 Å². The van der Waals surface area contributed by atoms with E-state index in [0.717, 1.165) is 35.0 Å². The van der Waals surface area contributed by atoms with E-state index in [-0.39, 0.29) is 11.8 Å². The first-order chi connectivity index (χ1) is 18.1. The molecule has 0 unspecified atom stereocenters. The van der Waals surface area contributed by atoms with E-state index in [2.05, 4.69) is 20.3 Å². The summed E-state index contributed by atoms with van der Waals surface area (Å²) in [5.74, 6) is 0.0438. The van der Waals surface area contributed by atoms with Crippen LogP contribution in [-0.4, -0.2) is 80.1 Å². The van der Waals surface area contributed by atoms with Crippen LogP contribution in [0.3, 0.4) is 0 Å². The number of amides is 2. The third kappa shape index (κ3) is 5.22. The largest absolute Gasteiger partial charge is 0.352 e. The van der Waals surface area contributed by atoms with Crippen molar-refractivity contribution in [2.24, 2.45) is 0 Å². The average Bonchev–Trinajstić information content (AvgIpc) is 3.66. The smallest absolute Gasteiger partial charge is 0.254 e. The Morgan fingerprint density at radius 3 is 2.46 bits per heavy atom. The van der Waals surface area contributed by atoms with Crippen molar-refractivity contribution in [3.05, 3.63) is 78.2 Å². The maximum Gasteiger partial charge on any atom is 0.254 e. The molecule has 4 aromatic rings. The van der Waals surface area contributed by atoms with Gasteiger partial charge in [-0.25, -0.2) is 9.67 Å². The van der Waals surface area contributed by atoms with E-state index in [1.165, 1.54) is 0 Å². The number of piperazine rings is 1. The van der Waals surface area contributed by atoms with Crippen LogP contribution in [0.2, 0.25) is 0 Å². The molecule has 0 bridgehead atoms. The highest BCUT2D eigenvalue weighted by Gasteiger charge is 2.28. The van der Waals surface area contributed by atoms with Crippen LogP contribution in [0.1, 0.15) is 28.8 Å². The second-order valence-electron chi connectivity index (χ2n) is 9.73. The fourth-order valence-electron chi connectivity index (χ4n) is 4.74. The number of aromatic nitrogens is 4. The van der Waals surface area contributed by atoms with E-state index in [9.17, 15) is 9.59 Å². The van der Waals surface area contributed by atoms with Gasteiger partial charge in [-0.1, -0.05) is 30.3 Å². The van der Waals surface area contributed by atoms with Crippen LogP contribution in [0.15, 0.2) is 67.1 Å². The van der Waals surface area contributed by atoms with Crippen molar-refractivity contribution in [2.45, 2.75) is 25.4 Å².